The van der Waals surface area contributed by atoms with E-state index in [2.05, 4.69) is 48.5 Å². The van der Waals surface area contributed by atoms with Crippen LogP contribution >= 0.6 is 0 Å². The molecule has 0 heteroatoms. The molecule has 0 amide bonds. The molecule has 0 aromatic heterocycles. The van der Waals surface area contributed by atoms with Crippen molar-refractivity contribution in [2.24, 2.45) is 23.7 Å². The quantitative estimate of drug-likeness (QED) is 0.547. The first-order valence-electron chi connectivity index (χ1n) is 6.64. The molecule has 89 valence electrons. The molecule has 0 aromatic carbocycles. The molecule has 0 nitrogen and oxygen atoms in total. The van der Waals surface area contributed by atoms with Crippen LogP contribution in [0.2, 0.25) is 0 Å². The standard InChI is InChI=1S/C16H25/c1-8-9(2)12(5)16-14(7)10(3)13(6)15(16)11(8)4/h8-9,11-12H,1-7H3. The molecular weight excluding hydrogens is 192 g/mol. The predicted molar refractivity (Wildman–Crippen MR) is 71.0 cm³/mol. The normalized spacial score (nSPS) is 40.7. The van der Waals surface area contributed by atoms with Crippen LogP contribution in [0.4, 0.5) is 0 Å². The largest absolute Gasteiger partial charge is 0.0617 e. The van der Waals surface area contributed by atoms with Gasteiger partial charge in [-0.25, -0.2) is 0 Å². The molecule has 2 rings (SSSR count). The summed E-state index contributed by atoms with van der Waals surface area (Å²) in [6.07, 6.45) is 0. The summed E-state index contributed by atoms with van der Waals surface area (Å²) in [4.78, 5) is 0. The fourth-order valence-electron chi connectivity index (χ4n) is 3.70. The fourth-order valence-corrected chi connectivity index (χ4v) is 3.70. The Kier molecular flexibility index (Phi) is 2.80. The second kappa shape index (κ2) is 3.75. The van der Waals surface area contributed by atoms with Crippen molar-refractivity contribution in [1.82, 2.24) is 0 Å². The summed E-state index contributed by atoms with van der Waals surface area (Å²) in [6, 6.07) is 0. The summed E-state index contributed by atoms with van der Waals surface area (Å²) < 4.78 is 0. The molecule has 0 saturated heterocycles. The fraction of sp³-hybridized carbons (Fsp3) is 0.688. The van der Waals surface area contributed by atoms with Gasteiger partial charge in [-0.2, -0.15) is 0 Å². The van der Waals surface area contributed by atoms with Crippen molar-refractivity contribution >= 4 is 0 Å². The third-order valence-corrected chi connectivity index (χ3v) is 5.54. The molecule has 0 spiro atoms. The molecule has 0 saturated carbocycles. The van der Waals surface area contributed by atoms with E-state index in [0.29, 0.717) is 0 Å². The number of hydrogen-bond acceptors (Lipinski definition) is 0. The van der Waals surface area contributed by atoms with Crippen LogP contribution < -0.4 is 0 Å². The molecule has 0 bridgehead atoms. The minimum atomic E-state index is 0.730. The van der Waals surface area contributed by atoms with Crippen molar-refractivity contribution in [3.63, 3.8) is 0 Å². The third kappa shape index (κ3) is 1.35. The molecule has 0 heterocycles. The molecule has 4 atom stereocenters. The molecule has 0 aromatic rings. The first-order chi connectivity index (χ1) is 7.37. The summed E-state index contributed by atoms with van der Waals surface area (Å²) in [6.45, 7) is 16.6. The summed E-state index contributed by atoms with van der Waals surface area (Å²) in [5.74, 6) is 4.64. The SMILES string of the molecule is C[C]1C(C)=C(C)C2=C1C(C)C(C)C(C)C2C. The van der Waals surface area contributed by atoms with Crippen LogP contribution in [0.5, 0.6) is 0 Å². The number of rotatable bonds is 0. The topological polar surface area (TPSA) is 0 Å². The molecule has 0 N–H and O–H groups in total. The lowest BCUT2D eigenvalue weighted by Gasteiger charge is -2.40. The van der Waals surface area contributed by atoms with Gasteiger partial charge in [0.15, 0.2) is 0 Å². The van der Waals surface area contributed by atoms with Crippen LogP contribution in [0.1, 0.15) is 48.5 Å². The smallest absolute Gasteiger partial charge is 0.0232 e. The van der Waals surface area contributed by atoms with Crippen LogP contribution in [0, 0.1) is 29.6 Å². The highest BCUT2D eigenvalue weighted by atomic mass is 14.5. The third-order valence-electron chi connectivity index (χ3n) is 5.54. The average molecular weight is 217 g/mol. The van der Waals surface area contributed by atoms with Gasteiger partial charge in [0.1, 0.15) is 0 Å². The van der Waals surface area contributed by atoms with Gasteiger partial charge in [0, 0.05) is 5.92 Å². The molecule has 4 unspecified atom stereocenters. The van der Waals surface area contributed by atoms with E-state index in [4.69, 9.17) is 0 Å². The maximum atomic E-state index is 2.42. The van der Waals surface area contributed by atoms with Crippen molar-refractivity contribution in [3.05, 3.63) is 28.2 Å². The summed E-state index contributed by atoms with van der Waals surface area (Å²) >= 11 is 0. The summed E-state index contributed by atoms with van der Waals surface area (Å²) in [5, 5.41) is 0. The van der Waals surface area contributed by atoms with E-state index in [1.807, 2.05) is 0 Å². The Morgan fingerprint density at radius 1 is 0.625 bits per heavy atom. The molecule has 2 aliphatic rings. The van der Waals surface area contributed by atoms with E-state index in [0.717, 1.165) is 23.7 Å². The Hall–Kier alpha value is -0.520. The second-order valence-corrected chi connectivity index (χ2v) is 6.00. The Bertz CT molecular complexity index is 369. The molecular formula is C16H25. The zero-order valence-corrected chi connectivity index (χ0v) is 11.8. The number of hydrogen-bond donors (Lipinski definition) is 0. The highest BCUT2D eigenvalue weighted by Gasteiger charge is 2.41. The van der Waals surface area contributed by atoms with Crippen molar-refractivity contribution in [1.29, 1.82) is 0 Å². The van der Waals surface area contributed by atoms with E-state index >= 15 is 0 Å². The lowest BCUT2D eigenvalue weighted by atomic mass is 9.65. The Labute approximate surface area is 101 Å². The second-order valence-electron chi connectivity index (χ2n) is 6.00. The Morgan fingerprint density at radius 3 is 1.56 bits per heavy atom. The van der Waals surface area contributed by atoms with Crippen molar-refractivity contribution in [3.8, 4) is 0 Å². The molecule has 0 fully saturated rings. The highest BCUT2D eigenvalue weighted by Crippen LogP contribution is 2.53. The van der Waals surface area contributed by atoms with Crippen LogP contribution in [0.25, 0.3) is 0 Å². The zero-order valence-electron chi connectivity index (χ0n) is 11.8. The Morgan fingerprint density at radius 2 is 1.06 bits per heavy atom. The molecule has 0 aliphatic heterocycles. The van der Waals surface area contributed by atoms with Crippen LogP contribution in [0.15, 0.2) is 22.3 Å². The van der Waals surface area contributed by atoms with Gasteiger partial charge in [0.25, 0.3) is 0 Å². The first-order valence-corrected chi connectivity index (χ1v) is 6.64. The van der Waals surface area contributed by atoms with E-state index in [9.17, 15) is 0 Å². The van der Waals surface area contributed by atoms with Crippen molar-refractivity contribution in [2.45, 2.75) is 48.5 Å². The predicted octanol–water partition coefficient (Wildman–Crippen LogP) is 4.79. The minimum absolute atomic E-state index is 0.730. The summed E-state index contributed by atoms with van der Waals surface area (Å²) in [5.41, 5.74) is 6.44. The van der Waals surface area contributed by atoms with Crippen LogP contribution in [-0.2, 0) is 0 Å². The van der Waals surface area contributed by atoms with E-state index in [-0.39, 0.29) is 0 Å². The lowest BCUT2D eigenvalue weighted by Crippen LogP contribution is -2.31. The van der Waals surface area contributed by atoms with Gasteiger partial charge in [0.2, 0.25) is 0 Å². The van der Waals surface area contributed by atoms with Crippen LogP contribution in [-0.4, -0.2) is 0 Å². The lowest BCUT2D eigenvalue weighted by molar-refractivity contribution is 0.231. The van der Waals surface area contributed by atoms with Gasteiger partial charge in [0.05, 0.1) is 0 Å². The maximum absolute atomic E-state index is 2.42. The average Bonchev–Trinajstić information content (AvgIpc) is 2.48. The number of allylic oxidation sites excluding steroid dienone is 4. The van der Waals surface area contributed by atoms with E-state index in [1.54, 1.807) is 22.6 Å². The highest BCUT2D eigenvalue weighted by molar-refractivity contribution is 5.60. The van der Waals surface area contributed by atoms with Gasteiger partial charge in [-0.05, 0) is 48.7 Å². The van der Waals surface area contributed by atoms with Gasteiger partial charge in [-0.15, -0.1) is 0 Å². The summed E-state index contributed by atoms with van der Waals surface area (Å²) in [7, 11) is 0. The van der Waals surface area contributed by atoms with Gasteiger partial charge < -0.3 is 0 Å². The zero-order chi connectivity index (χ0) is 12.2. The Balaban J connectivity index is 2.54. The van der Waals surface area contributed by atoms with Gasteiger partial charge in [-0.1, -0.05) is 45.8 Å². The molecule has 2 aliphatic carbocycles. The molecule has 16 heavy (non-hydrogen) atoms. The van der Waals surface area contributed by atoms with E-state index < -0.39 is 0 Å². The molecule has 1 radical (unpaired) electrons. The maximum Gasteiger partial charge on any atom is 0.0232 e. The van der Waals surface area contributed by atoms with Crippen molar-refractivity contribution in [2.75, 3.05) is 0 Å². The minimum Gasteiger partial charge on any atom is -0.0617 e. The van der Waals surface area contributed by atoms with Crippen LogP contribution in [0.3, 0.4) is 0 Å². The first kappa shape index (κ1) is 12.0. The monoisotopic (exact) mass is 217 g/mol. The van der Waals surface area contributed by atoms with Gasteiger partial charge >= 0.3 is 0 Å². The van der Waals surface area contributed by atoms with Gasteiger partial charge in [-0.3, -0.25) is 0 Å². The van der Waals surface area contributed by atoms with Crippen molar-refractivity contribution < 1.29 is 0 Å². The van der Waals surface area contributed by atoms with E-state index in [1.165, 1.54) is 5.57 Å².